The van der Waals surface area contributed by atoms with Gasteiger partial charge in [0.05, 0.1) is 6.21 Å². The van der Waals surface area contributed by atoms with Crippen molar-refractivity contribution >= 4 is 50.9 Å². The number of hydrazone groups is 1. The molecule has 0 saturated carbocycles. The molecular formula is C9H6BrClN4S. The summed E-state index contributed by atoms with van der Waals surface area (Å²) in [5.41, 5.74) is 2.76. The number of anilines is 1. The van der Waals surface area contributed by atoms with Crippen molar-refractivity contribution in [1.82, 2.24) is 10.2 Å². The van der Waals surface area contributed by atoms with Crippen LogP contribution in [0.3, 0.4) is 0 Å². The van der Waals surface area contributed by atoms with Crippen molar-refractivity contribution in [3.8, 4) is 0 Å². The van der Waals surface area contributed by atoms with Crippen LogP contribution in [0, 0.1) is 0 Å². The van der Waals surface area contributed by atoms with Crippen LogP contribution >= 0.6 is 38.9 Å². The van der Waals surface area contributed by atoms with Crippen molar-refractivity contribution in [2.75, 3.05) is 5.43 Å². The zero-order chi connectivity index (χ0) is 11.4. The Kier molecular flexibility index (Phi) is 3.87. The van der Waals surface area contributed by atoms with Gasteiger partial charge < -0.3 is 0 Å². The Morgan fingerprint density at radius 1 is 1.44 bits per heavy atom. The highest BCUT2D eigenvalue weighted by molar-refractivity contribution is 9.10. The maximum Gasteiger partial charge on any atom is 0.168 e. The minimum Gasteiger partial charge on any atom is -0.260 e. The van der Waals surface area contributed by atoms with Gasteiger partial charge in [-0.05, 0) is 34.1 Å². The first-order valence-electron chi connectivity index (χ1n) is 4.26. The summed E-state index contributed by atoms with van der Waals surface area (Å²) in [5.74, 6) is 0.552. The Labute approximate surface area is 109 Å². The van der Waals surface area contributed by atoms with E-state index in [1.807, 2.05) is 11.4 Å². The lowest BCUT2D eigenvalue weighted by atomic mass is 10.5. The Bertz CT molecular complexity index is 496. The smallest absolute Gasteiger partial charge is 0.168 e. The van der Waals surface area contributed by atoms with E-state index in [9.17, 15) is 0 Å². The number of hydrogen-bond donors (Lipinski definition) is 1. The largest absolute Gasteiger partial charge is 0.260 e. The van der Waals surface area contributed by atoms with E-state index in [-0.39, 0.29) is 0 Å². The molecule has 0 aliphatic rings. The molecule has 0 radical (unpaired) electrons. The number of nitrogens with zero attached hydrogens (tertiary/aromatic N) is 3. The molecule has 7 heteroatoms. The Morgan fingerprint density at radius 3 is 2.94 bits per heavy atom. The number of hydrogen-bond acceptors (Lipinski definition) is 5. The summed E-state index contributed by atoms with van der Waals surface area (Å²) >= 11 is 10.6. The number of thiophene rings is 1. The molecule has 2 rings (SSSR count). The van der Waals surface area contributed by atoms with Gasteiger partial charge in [-0.25, -0.2) is 0 Å². The van der Waals surface area contributed by atoms with Gasteiger partial charge in [0.25, 0.3) is 0 Å². The van der Waals surface area contributed by atoms with Crippen LogP contribution in [0.5, 0.6) is 0 Å². The summed E-state index contributed by atoms with van der Waals surface area (Å²) in [5, 5.41) is 13.9. The van der Waals surface area contributed by atoms with Crippen LogP contribution in [-0.4, -0.2) is 16.4 Å². The van der Waals surface area contributed by atoms with E-state index in [0.29, 0.717) is 11.0 Å². The fraction of sp³-hybridized carbons (Fsp3) is 0. The number of aromatic nitrogens is 2. The Balaban J connectivity index is 1.97. The molecule has 0 aliphatic heterocycles. The monoisotopic (exact) mass is 316 g/mol. The Morgan fingerprint density at radius 2 is 2.31 bits per heavy atom. The van der Waals surface area contributed by atoms with Crippen LogP contribution in [0.15, 0.2) is 33.2 Å². The van der Waals surface area contributed by atoms with Gasteiger partial charge >= 0.3 is 0 Å². The molecule has 0 atom stereocenters. The van der Waals surface area contributed by atoms with Crippen molar-refractivity contribution in [2.45, 2.75) is 0 Å². The second kappa shape index (κ2) is 5.38. The molecule has 0 bridgehead atoms. The lowest BCUT2D eigenvalue weighted by molar-refractivity contribution is 1.02. The van der Waals surface area contributed by atoms with Gasteiger partial charge in [-0.3, -0.25) is 5.43 Å². The van der Waals surface area contributed by atoms with Crippen LogP contribution in [0.25, 0.3) is 0 Å². The van der Waals surface area contributed by atoms with Gasteiger partial charge in [0.2, 0.25) is 0 Å². The molecule has 82 valence electrons. The molecule has 0 aliphatic carbocycles. The maximum atomic E-state index is 5.60. The third-order valence-electron chi connectivity index (χ3n) is 1.59. The van der Waals surface area contributed by atoms with E-state index in [2.05, 4.69) is 36.7 Å². The third-order valence-corrected chi connectivity index (χ3v) is 3.42. The SMILES string of the molecule is Clc1ccc(N/N=C\c2cc(Br)cs2)nn1. The van der Waals surface area contributed by atoms with Crippen LogP contribution in [0.2, 0.25) is 5.15 Å². The van der Waals surface area contributed by atoms with E-state index >= 15 is 0 Å². The normalized spacial score (nSPS) is 10.9. The predicted octanol–water partition coefficient (Wildman–Crippen LogP) is 3.40. The highest BCUT2D eigenvalue weighted by Crippen LogP contribution is 2.17. The third kappa shape index (κ3) is 3.26. The molecule has 2 heterocycles. The molecule has 2 aromatic rings. The standard InChI is InChI=1S/C9H6BrClN4S/c10-6-3-7(16-5-6)4-12-14-9-2-1-8(11)13-15-9/h1-5H,(H,14,15)/b12-4-. The van der Waals surface area contributed by atoms with Crippen LogP contribution in [0.1, 0.15) is 4.88 Å². The van der Waals surface area contributed by atoms with Crippen LogP contribution < -0.4 is 5.43 Å². The maximum absolute atomic E-state index is 5.60. The van der Waals surface area contributed by atoms with Gasteiger partial charge in [-0.15, -0.1) is 21.5 Å². The Hall–Kier alpha value is -0.980. The van der Waals surface area contributed by atoms with E-state index < -0.39 is 0 Å². The first-order chi connectivity index (χ1) is 7.74. The molecule has 0 saturated heterocycles. The first kappa shape index (κ1) is 11.5. The molecular weight excluding hydrogens is 312 g/mol. The molecule has 0 fully saturated rings. The second-order valence-electron chi connectivity index (χ2n) is 2.78. The van der Waals surface area contributed by atoms with E-state index in [1.165, 1.54) is 0 Å². The quantitative estimate of drug-likeness (QED) is 0.697. The van der Waals surface area contributed by atoms with Crippen LogP contribution in [0.4, 0.5) is 5.82 Å². The average Bonchev–Trinajstić information content (AvgIpc) is 2.67. The average molecular weight is 318 g/mol. The topological polar surface area (TPSA) is 50.2 Å². The zero-order valence-electron chi connectivity index (χ0n) is 7.89. The number of rotatable bonds is 3. The highest BCUT2D eigenvalue weighted by atomic mass is 79.9. The number of halogens is 2. The fourth-order valence-corrected chi connectivity index (χ4v) is 2.34. The molecule has 0 aromatic carbocycles. The molecule has 0 unspecified atom stereocenters. The summed E-state index contributed by atoms with van der Waals surface area (Å²) in [4.78, 5) is 1.04. The van der Waals surface area contributed by atoms with Crippen molar-refractivity contribution < 1.29 is 0 Å². The minimum atomic E-state index is 0.358. The van der Waals surface area contributed by atoms with Gasteiger partial charge in [0.1, 0.15) is 0 Å². The molecule has 16 heavy (non-hydrogen) atoms. The van der Waals surface area contributed by atoms with Crippen molar-refractivity contribution in [3.05, 3.63) is 38.1 Å². The summed E-state index contributed by atoms with van der Waals surface area (Å²) in [6, 6.07) is 5.33. The molecule has 1 N–H and O–H groups in total. The zero-order valence-corrected chi connectivity index (χ0v) is 11.1. The minimum absolute atomic E-state index is 0.358. The van der Waals surface area contributed by atoms with Gasteiger partial charge in [0.15, 0.2) is 11.0 Å². The second-order valence-corrected chi connectivity index (χ2v) is 5.02. The van der Waals surface area contributed by atoms with Gasteiger partial charge in [-0.1, -0.05) is 11.6 Å². The van der Waals surface area contributed by atoms with Crippen molar-refractivity contribution in [2.24, 2.45) is 5.10 Å². The van der Waals surface area contributed by atoms with Gasteiger partial charge in [-0.2, -0.15) is 5.10 Å². The molecule has 4 nitrogen and oxygen atoms in total. The van der Waals surface area contributed by atoms with Crippen LogP contribution in [-0.2, 0) is 0 Å². The van der Waals surface area contributed by atoms with E-state index in [4.69, 9.17) is 11.6 Å². The van der Waals surface area contributed by atoms with E-state index in [0.717, 1.165) is 9.35 Å². The van der Waals surface area contributed by atoms with Crippen molar-refractivity contribution in [3.63, 3.8) is 0 Å². The lowest BCUT2D eigenvalue weighted by Gasteiger charge is -1.96. The van der Waals surface area contributed by atoms with E-state index in [1.54, 1.807) is 29.7 Å². The fourth-order valence-electron chi connectivity index (χ4n) is 0.934. The molecule has 2 aromatic heterocycles. The van der Waals surface area contributed by atoms with Gasteiger partial charge in [0, 0.05) is 14.7 Å². The molecule has 0 amide bonds. The summed E-state index contributed by atoms with van der Waals surface area (Å²) < 4.78 is 1.05. The highest BCUT2D eigenvalue weighted by Gasteiger charge is 1.94. The lowest BCUT2D eigenvalue weighted by Crippen LogP contribution is -1.94. The first-order valence-corrected chi connectivity index (χ1v) is 6.31. The van der Waals surface area contributed by atoms with Crippen molar-refractivity contribution in [1.29, 1.82) is 0 Å². The summed E-state index contributed by atoms with van der Waals surface area (Å²) in [6.07, 6.45) is 1.71. The predicted molar refractivity (Wildman–Crippen MR) is 70.3 cm³/mol. The number of nitrogens with one attached hydrogen (secondary N) is 1. The summed E-state index contributed by atoms with van der Waals surface area (Å²) in [7, 11) is 0. The summed E-state index contributed by atoms with van der Waals surface area (Å²) in [6.45, 7) is 0. The molecule has 0 spiro atoms.